The van der Waals surface area contributed by atoms with E-state index in [2.05, 4.69) is 141 Å². The minimum absolute atomic E-state index is 0.0322. The topological polar surface area (TPSA) is 837 Å². The maximum Gasteiger partial charge on any atom is 0.322 e. The molecule has 0 bridgehead atoms. The fourth-order valence-corrected chi connectivity index (χ4v) is 15.0. The van der Waals surface area contributed by atoms with E-state index in [1.807, 2.05) is 0 Å². The first kappa shape index (κ1) is 123. The normalized spacial score (nSPS) is 14.4. The number of aliphatic hydroxyl groups is 3. The number of phenolic OH excluding ortho intramolecular Hbond substituents is 1. The average Bonchev–Trinajstić information content (AvgIpc) is 1.70. The van der Waals surface area contributed by atoms with Gasteiger partial charge in [0.25, 0.3) is 0 Å². The van der Waals surface area contributed by atoms with Crippen molar-refractivity contribution in [2.75, 3.05) is 63.9 Å². The van der Waals surface area contributed by atoms with Gasteiger partial charge in [-0.1, -0.05) is 88.4 Å². The van der Waals surface area contributed by atoms with E-state index >= 15 is 0 Å². The summed E-state index contributed by atoms with van der Waals surface area (Å²) in [4.78, 5) is 296. The molecule has 808 valence electrons. The first-order valence-electron chi connectivity index (χ1n) is 47.5. The number of Topliss-reactive ketones (excluding diaryl/α,β-unsaturated/α-hetero) is 1. The second-order valence-corrected chi connectivity index (χ2v) is 36.1. The van der Waals surface area contributed by atoms with Crippen molar-refractivity contribution < 1.29 is 126 Å². The number of thiol groups is 2. The molecule has 0 spiro atoms. The maximum atomic E-state index is 14.9. The number of carbonyl (C=O) groups is 21. The smallest absolute Gasteiger partial charge is 0.322 e. The van der Waals surface area contributed by atoms with Crippen LogP contribution in [0.3, 0.4) is 0 Å². The van der Waals surface area contributed by atoms with Gasteiger partial charge in [0.15, 0.2) is 5.78 Å². The van der Waals surface area contributed by atoms with Crippen molar-refractivity contribution >= 4 is 160 Å². The Kier molecular flexibility index (Phi) is 54.1. The summed E-state index contributed by atoms with van der Waals surface area (Å²) in [7, 11) is 0. The maximum absolute atomic E-state index is 14.9. The van der Waals surface area contributed by atoms with Crippen LogP contribution in [0.25, 0.3) is 10.9 Å². The van der Waals surface area contributed by atoms with Gasteiger partial charge in [0.05, 0.1) is 51.3 Å². The summed E-state index contributed by atoms with van der Waals surface area (Å²) in [5, 5.41) is 93.3. The largest absolute Gasteiger partial charge is 0.508 e. The number of aliphatic hydroxyl groups excluding tert-OH is 3. The van der Waals surface area contributed by atoms with Crippen LogP contribution in [0, 0.1) is 11.8 Å². The number of rotatable bonds is 68. The van der Waals surface area contributed by atoms with Crippen molar-refractivity contribution in [2.24, 2.45) is 34.8 Å². The number of phenols is 1. The Morgan fingerprint density at radius 2 is 0.837 bits per heavy atom. The lowest BCUT2D eigenvalue weighted by molar-refractivity contribution is -0.138. The Bertz CT molecular complexity index is 5250. The molecule has 54 heteroatoms. The fraction of sp³-hybridized carbons (Fsp3) is 0.527. The minimum Gasteiger partial charge on any atom is -0.508 e. The molecule has 16 atom stereocenters. The molecule has 0 unspecified atom stereocenters. The highest BCUT2D eigenvalue weighted by Gasteiger charge is 2.40. The van der Waals surface area contributed by atoms with Crippen LogP contribution < -0.4 is 124 Å². The van der Waals surface area contributed by atoms with Crippen molar-refractivity contribution in [3.63, 3.8) is 0 Å². The highest BCUT2D eigenvalue weighted by atomic mass is 32.1. The van der Waals surface area contributed by atoms with Gasteiger partial charge in [-0.15, -0.1) is 0 Å². The van der Waals surface area contributed by atoms with Gasteiger partial charge in [0.1, 0.15) is 96.9 Å². The highest BCUT2D eigenvalue weighted by Crippen LogP contribution is 2.22. The number of nitrogens with two attached hydrogens (primary N) is 4. The molecular formula is C93H138N26O26S2. The zero-order valence-corrected chi connectivity index (χ0v) is 84.1. The predicted molar refractivity (Wildman–Crippen MR) is 536 cm³/mol. The summed E-state index contributed by atoms with van der Waals surface area (Å²) in [6.45, 7) is 4.81. The third-order valence-corrected chi connectivity index (χ3v) is 23.3. The number of hydrogen-bond donors (Lipinski definition) is 32. The molecule has 52 nitrogen and oxygen atoms in total. The number of aromatic nitrogens is 3. The number of primary amides is 1. The number of fused-ring (bicyclic) bond motifs is 1. The molecule has 0 aliphatic carbocycles. The number of imidazole rings is 1. The van der Waals surface area contributed by atoms with E-state index in [0.717, 1.165) is 6.92 Å². The number of aromatic amines is 2. The van der Waals surface area contributed by atoms with Crippen molar-refractivity contribution in [3.8, 4) is 5.75 Å². The average molecular weight is 2100 g/mol. The van der Waals surface area contributed by atoms with E-state index in [0.29, 0.717) is 40.4 Å². The van der Waals surface area contributed by atoms with Gasteiger partial charge in [-0.3, -0.25) is 106 Å². The van der Waals surface area contributed by atoms with E-state index in [1.165, 1.54) is 43.7 Å². The SMILES string of the molecule is CC(C)C[C@H](NNC(=O)CCC(=O)CNC(=O)[C@H](Cc1ccccc1)NC(=O)[C@H](Cc1cnc[nH]1)NC(=O)[C@H](CS)NC(=O)[C@H](CO)NC(=O)[C@H](Cc1ccc(O)cc1)NC(=O)[C@@H](NC(=O)CNC(=O)CN)[C@@H](C)O)C(=O)N[C@H](C(=O)N[C@@H](Cc1c[nH]c2ccccc12)C(=O)N[C@H](C(=O)N[C@@H](CS)C(=O)N[C@@H](CCCCN)C(=O)N[C@@H](CCCCN)C(=O)N[C@@H](CCC(N)=O)C(=O)NCC(=O)NCC(=O)O)C(C)C)[C@@H](C)O. The molecule has 0 saturated heterocycles. The molecule has 34 N–H and O–H groups in total. The van der Waals surface area contributed by atoms with Crippen LogP contribution in [0.4, 0.5) is 0 Å². The van der Waals surface area contributed by atoms with Crippen LogP contribution in [0.2, 0.25) is 0 Å². The van der Waals surface area contributed by atoms with Crippen molar-refractivity contribution in [1.82, 2.24) is 116 Å². The van der Waals surface area contributed by atoms with Gasteiger partial charge in [0, 0.05) is 85.4 Å². The van der Waals surface area contributed by atoms with E-state index in [-0.39, 0.29) is 94.7 Å². The number of aliphatic carboxylic acids is 1. The molecule has 5 aromatic rings. The summed E-state index contributed by atoms with van der Waals surface area (Å²) in [5.74, 6) is -22.6. The van der Waals surface area contributed by atoms with Gasteiger partial charge < -0.3 is 149 Å². The predicted octanol–water partition coefficient (Wildman–Crippen LogP) is -9.14. The van der Waals surface area contributed by atoms with E-state index in [1.54, 1.807) is 88.5 Å². The number of H-pyrrole nitrogens is 2. The number of benzene rings is 3. The highest BCUT2D eigenvalue weighted by molar-refractivity contribution is 7.80. The second kappa shape index (κ2) is 64.5. The van der Waals surface area contributed by atoms with Gasteiger partial charge in [-0.05, 0) is 125 Å². The Morgan fingerprint density at radius 3 is 1.36 bits per heavy atom. The summed E-state index contributed by atoms with van der Waals surface area (Å²) < 4.78 is 0. The molecule has 147 heavy (non-hydrogen) atoms. The van der Waals surface area contributed by atoms with Crippen LogP contribution in [0.15, 0.2) is 97.6 Å². The standard InChI is InChI=1S/C93H138N26O26S2/c1-48(2)32-67(118-119-72(126)29-26-57(124)40-102-81(133)63(33-52-16-8-7-9-17-52)108-85(137)66(36-55-39-98-47-104-55)109-90(142)69(45-146)113-88(140)68(44-120)112-84(136)64(34-53-22-24-56(123)25-23-53)110-92(144)78(50(5)121)115-75(129)42-100-73(127)37-96)87(139)117-79(51(6)122)93(145)111-65(35-54-38-99-59-19-11-10-18-58(54)59)86(138)116-77(49(3)4)91(143)114-70(46-147)89(141)106-61(21-13-15-31-95)82(134)105-60(20-12-14-30-94)83(135)107-62(27-28-71(97)125)80(132)103-41-74(128)101-43-76(130)131/h7-11,16-19,22-25,38-39,47-51,60-70,77-79,99,118,120-123,146-147H,12-15,20-21,26-37,40-46,94-96H2,1-6H3,(H2,97,125)(H,98,104)(H,100,127)(H,101,128)(H,102,133)(H,103,132)(H,105,134)(H,106,141)(H,107,135)(H,108,137)(H,109,142)(H,110,144)(H,111,145)(H,112,136)(H,113,140)(H,114,143)(H,115,129)(H,116,138)(H,117,139)(H,119,126)(H,130,131)/t50-,51-,60+,61+,62+,63+,64+,65+,66+,67+,68+,69+,70+,77+,78+,79+/m1/s1. The number of hydrazine groups is 1. The number of carboxylic acid groups (broad SMARTS) is 1. The molecule has 0 radical (unpaired) electrons. The molecule has 0 aliphatic rings. The molecule has 0 fully saturated rings. The summed E-state index contributed by atoms with van der Waals surface area (Å²) in [6, 6.07) is -1.61. The monoisotopic (exact) mass is 2100 g/mol. The Labute approximate surface area is 857 Å². The Hall–Kier alpha value is -14.3. The quantitative estimate of drug-likeness (QED) is 0.00976. The number of carboxylic acids is 1. The molecular weight excluding hydrogens is 1960 g/mol. The number of aromatic hydroxyl groups is 1. The molecule has 2 aromatic heterocycles. The lowest BCUT2D eigenvalue weighted by Crippen LogP contribution is -2.62. The van der Waals surface area contributed by atoms with Gasteiger partial charge in [0.2, 0.25) is 112 Å². The van der Waals surface area contributed by atoms with Crippen LogP contribution in [0.1, 0.15) is 135 Å². The number of hydrogen-bond acceptors (Lipinski definition) is 32. The zero-order valence-electron chi connectivity index (χ0n) is 82.3. The van der Waals surface area contributed by atoms with Crippen molar-refractivity contribution in [3.05, 3.63) is 120 Å². The molecule has 0 saturated carbocycles. The van der Waals surface area contributed by atoms with E-state index in [9.17, 15) is 121 Å². The number of para-hydroxylation sites is 1. The number of amides is 19. The van der Waals surface area contributed by atoms with Gasteiger partial charge in [-0.25, -0.2) is 10.4 Å². The first-order chi connectivity index (χ1) is 69.8. The molecule has 3 aromatic carbocycles. The number of nitrogens with zero attached hydrogens (tertiary/aromatic N) is 1. The van der Waals surface area contributed by atoms with Crippen LogP contribution >= 0.6 is 25.3 Å². The van der Waals surface area contributed by atoms with Crippen LogP contribution in [-0.4, -0.2) is 325 Å². The van der Waals surface area contributed by atoms with E-state index < -0.39 is 297 Å². The number of unbranched alkanes of at least 4 members (excludes halogenated alkanes) is 2. The van der Waals surface area contributed by atoms with Gasteiger partial charge in [-0.2, -0.15) is 25.3 Å². The Morgan fingerprint density at radius 1 is 0.401 bits per heavy atom. The zero-order chi connectivity index (χ0) is 109. The number of ketones is 1. The molecule has 2 heterocycles. The van der Waals surface area contributed by atoms with E-state index in [4.69, 9.17) is 28.0 Å². The van der Waals surface area contributed by atoms with Gasteiger partial charge >= 0.3 is 5.97 Å². The fourth-order valence-electron chi connectivity index (χ4n) is 14.5. The third-order valence-electron chi connectivity index (χ3n) is 22.6. The number of nitrogens with one attached hydrogen (secondary N) is 21. The second-order valence-electron chi connectivity index (χ2n) is 35.4. The molecule has 0 aliphatic heterocycles. The lowest BCUT2D eigenvalue weighted by atomic mass is 9.99. The van der Waals surface area contributed by atoms with Crippen LogP contribution in [-0.2, 0) is 126 Å². The first-order valence-corrected chi connectivity index (χ1v) is 48.8. The van der Waals surface area contributed by atoms with Crippen LogP contribution in [0.5, 0.6) is 5.75 Å². The number of carbonyl (C=O) groups excluding carboxylic acids is 20. The lowest BCUT2D eigenvalue weighted by Gasteiger charge is -2.29. The summed E-state index contributed by atoms with van der Waals surface area (Å²) in [6.07, 6.45) is -1.10. The van der Waals surface area contributed by atoms with Crippen molar-refractivity contribution in [2.45, 2.75) is 235 Å². The van der Waals surface area contributed by atoms with Crippen molar-refractivity contribution in [1.29, 1.82) is 0 Å². The molecule has 19 amide bonds. The Balaban J connectivity index is 1.27. The minimum atomic E-state index is -1.87. The summed E-state index contributed by atoms with van der Waals surface area (Å²) >= 11 is 8.60. The molecule has 5 rings (SSSR count). The third kappa shape index (κ3) is 44.3. The summed E-state index contributed by atoms with van der Waals surface area (Å²) in [5.41, 5.74) is 29.4.